The first-order valence-corrected chi connectivity index (χ1v) is 15.1. The Morgan fingerprint density at radius 1 is 1.02 bits per heavy atom. The minimum Gasteiger partial charge on any atom is -0.497 e. The number of nitrogens with zero attached hydrogens (tertiary/aromatic N) is 3. The van der Waals surface area contributed by atoms with Gasteiger partial charge in [-0.2, -0.15) is 4.31 Å². The van der Waals surface area contributed by atoms with Crippen molar-refractivity contribution < 1.29 is 27.1 Å². The van der Waals surface area contributed by atoms with Crippen LogP contribution >= 0.6 is 0 Å². The summed E-state index contributed by atoms with van der Waals surface area (Å²) in [5, 5.41) is 0. The minimum absolute atomic E-state index is 0.119. The quantitative estimate of drug-likeness (QED) is 0.401. The maximum Gasteiger partial charge on any atom is 0.249 e. The zero-order valence-electron chi connectivity index (χ0n) is 23.2. The molecule has 0 aliphatic carbocycles. The molecule has 0 bridgehead atoms. The molecule has 1 saturated heterocycles. The van der Waals surface area contributed by atoms with Gasteiger partial charge in [-0.3, -0.25) is 4.79 Å². The fraction of sp³-hybridized carbons (Fsp3) is 0.433. The Labute approximate surface area is 235 Å². The number of amides is 1. The summed E-state index contributed by atoms with van der Waals surface area (Å²) in [6, 6.07) is 12.9. The van der Waals surface area contributed by atoms with Crippen LogP contribution in [0.5, 0.6) is 5.75 Å². The average molecular weight is 570 g/mol. The van der Waals surface area contributed by atoms with Crippen molar-refractivity contribution in [3.8, 4) is 5.75 Å². The average Bonchev–Trinajstić information content (AvgIpc) is 3.41. The summed E-state index contributed by atoms with van der Waals surface area (Å²) in [5.41, 5.74) is 2.88. The summed E-state index contributed by atoms with van der Waals surface area (Å²) in [5.74, 6) is 0.0482. The number of piperidine rings is 1. The van der Waals surface area contributed by atoms with Crippen LogP contribution in [-0.2, 0) is 26.1 Å². The van der Waals surface area contributed by atoms with E-state index in [0.29, 0.717) is 53.4 Å². The number of aryl methyl sites for hydroxylation is 2. The summed E-state index contributed by atoms with van der Waals surface area (Å²) < 4.78 is 56.6. The van der Waals surface area contributed by atoms with E-state index < -0.39 is 16.1 Å². The van der Waals surface area contributed by atoms with Crippen LogP contribution in [0.2, 0.25) is 0 Å². The largest absolute Gasteiger partial charge is 0.497 e. The van der Waals surface area contributed by atoms with Crippen LogP contribution < -0.4 is 4.74 Å². The van der Waals surface area contributed by atoms with Gasteiger partial charge < -0.3 is 18.9 Å². The zero-order chi connectivity index (χ0) is 28.4. The third kappa shape index (κ3) is 5.53. The molecule has 1 aromatic heterocycles. The number of methoxy groups -OCH3 is 1. The molecule has 3 heterocycles. The standard InChI is InChI=1S/C30H36FN3O5S/c1-21-16-26(38-3)17-22(2)30(21)40(36,37)34-13-5-4-10-25(34)19-39-20-28(35)33-15-14-32-12-7-11-27(32)29(33)23-8-6-9-24(31)18-23/h6-9,11-12,16-18,25,29H,4-5,10,13-15,19-20H2,1-3H3. The van der Waals surface area contributed by atoms with E-state index in [1.54, 1.807) is 44.1 Å². The van der Waals surface area contributed by atoms with E-state index in [9.17, 15) is 17.6 Å². The number of halogens is 1. The summed E-state index contributed by atoms with van der Waals surface area (Å²) in [7, 11) is -2.22. The van der Waals surface area contributed by atoms with Crippen molar-refractivity contribution >= 4 is 15.9 Å². The predicted octanol–water partition coefficient (Wildman–Crippen LogP) is 4.44. The maximum absolute atomic E-state index is 14.1. The van der Waals surface area contributed by atoms with Crippen molar-refractivity contribution in [1.82, 2.24) is 13.8 Å². The molecule has 5 rings (SSSR count). The second-order valence-electron chi connectivity index (χ2n) is 10.5. The molecule has 8 nitrogen and oxygen atoms in total. The molecule has 0 spiro atoms. The maximum atomic E-state index is 14.1. The molecule has 0 radical (unpaired) electrons. The van der Waals surface area contributed by atoms with Gasteiger partial charge in [0.15, 0.2) is 0 Å². The second kappa shape index (κ2) is 11.7. The highest BCUT2D eigenvalue weighted by Crippen LogP contribution is 2.34. The monoisotopic (exact) mass is 569 g/mol. The molecule has 0 saturated carbocycles. The van der Waals surface area contributed by atoms with Gasteiger partial charge in [-0.1, -0.05) is 18.6 Å². The lowest BCUT2D eigenvalue weighted by atomic mass is 9.99. The molecule has 10 heteroatoms. The topological polar surface area (TPSA) is 81.1 Å². The van der Waals surface area contributed by atoms with Crippen molar-refractivity contribution in [2.75, 3.05) is 33.4 Å². The zero-order valence-corrected chi connectivity index (χ0v) is 24.0. The van der Waals surface area contributed by atoms with Gasteiger partial charge in [0, 0.05) is 37.6 Å². The third-order valence-electron chi connectivity index (χ3n) is 7.87. The van der Waals surface area contributed by atoms with Crippen LogP contribution in [0.1, 0.15) is 47.7 Å². The summed E-state index contributed by atoms with van der Waals surface area (Å²) in [6.07, 6.45) is 4.28. The van der Waals surface area contributed by atoms with Crippen molar-refractivity contribution in [3.05, 3.63) is 82.9 Å². The Hall–Kier alpha value is -3.21. The van der Waals surface area contributed by atoms with E-state index in [1.807, 2.05) is 24.4 Å². The molecule has 2 aliphatic rings. The fourth-order valence-electron chi connectivity index (χ4n) is 6.05. The number of aromatic nitrogens is 1. The molecule has 2 atom stereocenters. The van der Waals surface area contributed by atoms with Crippen LogP contribution in [0.25, 0.3) is 0 Å². The first-order valence-electron chi connectivity index (χ1n) is 13.7. The SMILES string of the molecule is COc1cc(C)c(S(=O)(=O)N2CCCCC2COCC(=O)N2CCn3cccc3C2c2cccc(F)c2)c(C)c1. The van der Waals surface area contributed by atoms with Gasteiger partial charge in [0.25, 0.3) is 0 Å². The Morgan fingerprint density at radius 2 is 1.80 bits per heavy atom. The summed E-state index contributed by atoms with van der Waals surface area (Å²) in [4.78, 5) is 15.5. The number of ether oxygens (including phenoxy) is 2. The highest BCUT2D eigenvalue weighted by atomic mass is 32.2. The van der Waals surface area contributed by atoms with Crippen LogP contribution in [0, 0.1) is 19.7 Å². The first kappa shape index (κ1) is 28.3. The van der Waals surface area contributed by atoms with Crippen LogP contribution in [0.3, 0.4) is 0 Å². The molecule has 214 valence electrons. The van der Waals surface area contributed by atoms with Crippen molar-refractivity contribution in [3.63, 3.8) is 0 Å². The Kier molecular flexibility index (Phi) is 8.30. The van der Waals surface area contributed by atoms with E-state index in [2.05, 4.69) is 4.57 Å². The summed E-state index contributed by atoms with van der Waals surface area (Å²) >= 11 is 0. The number of hydrogen-bond acceptors (Lipinski definition) is 5. The van der Waals surface area contributed by atoms with E-state index in [1.165, 1.54) is 16.4 Å². The van der Waals surface area contributed by atoms with Gasteiger partial charge in [0.2, 0.25) is 15.9 Å². The highest BCUT2D eigenvalue weighted by molar-refractivity contribution is 7.89. The number of benzene rings is 2. The Balaban J connectivity index is 1.30. The second-order valence-corrected chi connectivity index (χ2v) is 12.4. The third-order valence-corrected chi connectivity index (χ3v) is 10.1. The van der Waals surface area contributed by atoms with Gasteiger partial charge in [0.05, 0.1) is 24.7 Å². The molecule has 1 amide bonds. The van der Waals surface area contributed by atoms with E-state index in [-0.39, 0.29) is 31.0 Å². The smallest absolute Gasteiger partial charge is 0.249 e. The number of carbonyl (C=O) groups is 1. The van der Waals surface area contributed by atoms with Crippen LogP contribution in [0.15, 0.2) is 59.6 Å². The van der Waals surface area contributed by atoms with E-state index >= 15 is 0 Å². The lowest BCUT2D eigenvalue weighted by molar-refractivity contribution is -0.139. The highest BCUT2D eigenvalue weighted by Gasteiger charge is 2.36. The van der Waals surface area contributed by atoms with Crippen molar-refractivity contribution in [2.45, 2.75) is 56.6 Å². The van der Waals surface area contributed by atoms with Gasteiger partial charge in [-0.05, 0) is 79.8 Å². The normalized spacial score (nSPS) is 19.9. The van der Waals surface area contributed by atoms with Gasteiger partial charge in [0.1, 0.15) is 18.2 Å². The van der Waals surface area contributed by atoms with Crippen molar-refractivity contribution in [1.29, 1.82) is 0 Å². The lowest BCUT2D eigenvalue weighted by Gasteiger charge is -2.38. The molecule has 2 aliphatic heterocycles. The van der Waals surface area contributed by atoms with E-state index in [4.69, 9.17) is 9.47 Å². The lowest BCUT2D eigenvalue weighted by Crippen LogP contribution is -2.47. The number of hydrogen-bond donors (Lipinski definition) is 0. The Morgan fingerprint density at radius 3 is 2.52 bits per heavy atom. The molecule has 40 heavy (non-hydrogen) atoms. The van der Waals surface area contributed by atoms with Crippen LogP contribution in [0.4, 0.5) is 4.39 Å². The number of sulfonamides is 1. The number of rotatable bonds is 8. The fourth-order valence-corrected chi connectivity index (χ4v) is 8.15. The van der Waals surface area contributed by atoms with Gasteiger partial charge >= 0.3 is 0 Å². The molecule has 3 aromatic rings. The summed E-state index contributed by atoms with van der Waals surface area (Å²) in [6.45, 7) is 4.99. The predicted molar refractivity (Wildman–Crippen MR) is 149 cm³/mol. The van der Waals surface area contributed by atoms with E-state index in [0.717, 1.165) is 18.5 Å². The number of carbonyl (C=O) groups excluding carboxylic acids is 1. The van der Waals surface area contributed by atoms with Crippen molar-refractivity contribution in [2.24, 2.45) is 0 Å². The van der Waals surface area contributed by atoms with Gasteiger partial charge in [-0.25, -0.2) is 12.8 Å². The molecule has 2 unspecified atom stereocenters. The molecule has 0 N–H and O–H groups in total. The minimum atomic E-state index is -3.78. The molecule has 2 aromatic carbocycles. The first-order chi connectivity index (χ1) is 19.2. The molecular weight excluding hydrogens is 533 g/mol. The molecule has 1 fully saturated rings. The van der Waals surface area contributed by atoms with Crippen LogP contribution in [-0.4, -0.2) is 67.6 Å². The Bertz CT molecular complexity index is 1460. The van der Waals surface area contributed by atoms with Gasteiger partial charge in [-0.15, -0.1) is 0 Å². The number of fused-ring (bicyclic) bond motifs is 1. The molecular formula is C30H36FN3O5S.